The van der Waals surface area contributed by atoms with Crippen LogP contribution in [0.4, 0.5) is 0 Å². The highest BCUT2D eigenvalue weighted by Crippen LogP contribution is 2.46. The van der Waals surface area contributed by atoms with Gasteiger partial charge in [0.2, 0.25) is 0 Å². The summed E-state index contributed by atoms with van der Waals surface area (Å²) in [5.41, 5.74) is -4.58. The molecule has 4 atom stereocenters. The molecule has 0 spiro atoms. The number of aliphatic hydroxyl groups is 3. The van der Waals surface area contributed by atoms with Crippen LogP contribution in [0.15, 0.2) is 75.3 Å². The van der Waals surface area contributed by atoms with Gasteiger partial charge >= 0.3 is 5.69 Å². The molecule has 0 unspecified atom stereocenters. The molecule has 2 heterocycles. The maximum atomic E-state index is 12.9. The first-order valence-electron chi connectivity index (χ1n) is 11.4. The number of rotatable bonds is 8. The Morgan fingerprint density at radius 3 is 2.35 bits per heavy atom. The average Bonchev–Trinajstić information content (AvgIpc) is 3.08. The van der Waals surface area contributed by atoms with Crippen LogP contribution in [0.2, 0.25) is 0 Å². The molecule has 37 heavy (non-hydrogen) atoms. The van der Waals surface area contributed by atoms with Crippen LogP contribution in [0.3, 0.4) is 0 Å². The summed E-state index contributed by atoms with van der Waals surface area (Å²) >= 11 is 0. The average molecular weight is 533 g/mol. The predicted octanol–water partition coefficient (Wildman–Crippen LogP) is 0.154. The van der Waals surface area contributed by atoms with E-state index in [4.69, 9.17) is 8.92 Å². The summed E-state index contributed by atoms with van der Waals surface area (Å²) < 4.78 is 37.8. The van der Waals surface area contributed by atoms with Gasteiger partial charge in [-0.1, -0.05) is 48.0 Å². The van der Waals surface area contributed by atoms with Crippen molar-refractivity contribution >= 4 is 10.1 Å². The lowest BCUT2D eigenvalue weighted by Crippen LogP contribution is -2.62. The van der Waals surface area contributed by atoms with Gasteiger partial charge in [0.15, 0.2) is 6.23 Å². The molecular weight excluding hydrogens is 504 g/mol. The summed E-state index contributed by atoms with van der Waals surface area (Å²) in [5, 5.41) is 33.7. The second-order valence-corrected chi connectivity index (χ2v) is 10.8. The highest BCUT2D eigenvalue weighted by Gasteiger charge is 2.66. The number of H-pyrrole nitrogens is 1. The number of ether oxygens (including phenoxy) is 1. The minimum Gasteiger partial charge on any atom is -0.393 e. The zero-order valence-corrected chi connectivity index (χ0v) is 21.0. The predicted molar refractivity (Wildman–Crippen MR) is 131 cm³/mol. The molecule has 0 bridgehead atoms. The molecule has 0 radical (unpaired) electrons. The van der Waals surface area contributed by atoms with Crippen molar-refractivity contribution in [3.63, 3.8) is 0 Å². The van der Waals surface area contributed by atoms with Crippen molar-refractivity contribution in [1.29, 1.82) is 0 Å². The molecule has 0 aliphatic carbocycles. The molecule has 1 aromatic heterocycles. The molecule has 1 saturated heterocycles. The van der Waals surface area contributed by atoms with Crippen molar-refractivity contribution in [2.24, 2.45) is 0 Å². The van der Waals surface area contributed by atoms with E-state index < -0.39 is 58.1 Å². The van der Waals surface area contributed by atoms with Gasteiger partial charge < -0.3 is 20.1 Å². The summed E-state index contributed by atoms with van der Waals surface area (Å²) in [6, 6.07) is 14.4. The SMILES string of the molecule is Cc1ccc(S(=O)(=O)OC[C@]2(CO)O[C@@H](n3cc(C)c(=O)[nH]c3=O)[C@H](O)[C@]2(O)Cc2ccccc2)cc1. The van der Waals surface area contributed by atoms with E-state index in [0.717, 1.165) is 16.3 Å². The lowest BCUT2D eigenvalue weighted by Gasteiger charge is -2.40. The van der Waals surface area contributed by atoms with Crippen molar-refractivity contribution in [2.75, 3.05) is 13.2 Å². The fourth-order valence-corrected chi connectivity index (χ4v) is 5.34. The van der Waals surface area contributed by atoms with Crippen LogP contribution in [0.25, 0.3) is 0 Å². The van der Waals surface area contributed by atoms with Crippen molar-refractivity contribution < 1.29 is 32.7 Å². The van der Waals surface area contributed by atoms with Crippen LogP contribution in [-0.2, 0) is 25.5 Å². The third-order valence-electron chi connectivity index (χ3n) is 6.64. The Labute approximate surface area is 212 Å². The number of nitrogens with one attached hydrogen (secondary N) is 1. The maximum Gasteiger partial charge on any atom is 0.330 e. The van der Waals surface area contributed by atoms with Crippen molar-refractivity contribution in [1.82, 2.24) is 9.55 Å². The molecular formula is C25H28N2O9S. The van der Waals surface area contributed by atoms with Gasteiger partial charge in [-0.15, -0.1) is 0 Å². The second kappa shape index (κ2) is 9.97. The highest BCUT2D eigenvalue weighted by molar-refractivity contribution is 7.86. The van der Waals surface area contributed by atoms with Crippen LogP contribution < -0.4 is 11.2 Å². The smallest absolute Gasteiger partial charge is 0.330 e. The third-order valence-corrected chi connectivity index (χ3v) is 7.92. The normalized spacial score (nSPS) is 25.9. The Morgan fingerprint density at radius 1 is 1.08 bits per heavy atom. The summed E-state index contributed by atoms with van der Waals surface area (Å²) in [7, 11) is -4.36. The molecule has 4 rings (SSSR count). The zero-order chi connectivity index (χ0) is 27.0. The first kappa shape index (κ1) is 26.9. The fourth-order valence-electron chi connectivity index (χ4n) is 4.38. The van der Waals surface area contributed by atoms with E-state index in [1.54, 1.807) is 49.4 Å². The number of hydrogen-bond donors (Lipinski definition) is 4. The van der Waals surface area contributed by atoms with Gasteiger partial charge in [0.25, 0.3) is 15.7 Å². The van der Waals surface area contributed by atoms with Gasteiger partial charge in [0.05, 0.1) is 11.5 Å². The van der Waals surface area contributed by atoms with Crippen LogP contribution in [0.1, 0.15) is 22.9 Å². The molecule has 4 N–H and O–H groups in total. The van der Waals surface area contributed by atoms with Crippen molar-refractivity contribution in [3.8, 4) is 0 Å². The molecule has 1 aliphatic rings. The minimum absolute atomic E-state index is 0.127. The third kappa shape index (κ3) is 4.91. The van der Waals surface area contributed by atoms with Gasteiger partial charge in [-0.25, -0.2) is 4.79 Å². The van der Waals surface area contributed by atoms with Crippen LogP contribution in [-0.4, -0.2) is 63.8 Å². The molecule has 198 valence electrons. The van der Waals surface area contributed by atoms with Crippen molar-refractivity contribution in [2.45, 2.75) is 48.7 Å². The lowest BCUT2D eigenvalue weighted by molar-refractivity contribution is -0.183. The molecule has 0 amide bonds. The summed E-state index contributed by atoms with van der Waals surface area (Å²) in [5.74, 6) is 0. The van der Waals surface area contributed by atoms with E-state index >= 15 is 0 Å². The molecule has 1 aliphatic heterocycles. The van der Waals surface area contributed by atoms with Crippen LogP contribution in [0.5, 0.6) is 0 Å². The van der Waals surface area contributed by atoms with E-state index in [-0.39, 0.29) is 16.9 Å². The van der Waals surface area contributed by atoms with E-state index in [1.165, 1.54) is 19.1 Å². The molecule has 3 aromatic rings. The molecule has 2 aromatic carbocycles. The minimum atomic E-state index is -4.36. The number of aryl methyl sites for hydroxylation is 2. The first-order valence-corrected chi connectivity index (χ1v) is 12.8. The zero-order valence-electron chi connectivity index (χ0n) is 20.2. The number of aromatic nitrogens is 2. The molecule has 1 fully saturated rings. The second-order valence-electron chi connectivity index (χ2n) is 9.20. The monoisotopic (exact) mass is 532 g/mol. The van der Waals surface area contributed by atoms with Gasteiger partial charge in [-0.05, 0) is 31.5 Å². The molecule has 12 heteroatoms. The summed E-state index contributed by atoms with van der Waals surface area (Å²) in [4.78, 5) is 26.4. The maximum absolute atomic E-state index is 12.9. The van der Waals surface area contributed by atoms with Crippen LogP contribution >= 0.6 is 0 Å². The Morgan fingerprint density at radius 2 is 1.73 bits per heavy atom. The summed E-state index contributed by atoms with van der Waals surface area (Å²) in [6.45, 7) is 1.37. The summed E-state index contributed by atoms with van der Waals surface area (Å²) in [6.07, 6.45) is -2.56. The van der Waals surface area contributed by atoms with Gasteiger partial charge in [-0.3, -0.25) is 18.5 Å². The van der Waals surface area contributed by atoms with Gasteiger partial charge in [0.1, 0.15) is 23.9 Å². The van der Waals surface area contributed by atoms with Gasteiger partial charge in [0, 0.05) is 18.2 Å². The quantitative estimate of drug-likeness (QED) is 0.295. The topological polar surface area (TPSA) is 168 Å². The van der Waals surface area contributed by atoms with E-state index in [9.17, 15) is 33.3 Å². The van der Waals surface area contributed by atoms with Gasteiger partial charge in [-0.2, -0.15) is 8.42 Å². The number of hydrogen-bond acceptors (Lipinski definition) is 9. The number of nitrogens with zero attached hydrogens (tertiary/aromatic N) is 1. The first-order chi connectivity index (χ1) is 17.4. The molecule has 11 nitrogen and oxygen atoms in total. The Balaban J connectivity index is 1.77. The lowest BCUT2D eigenvalue weighted by atomic mass is 9.77. The highest BCUT2D eigenvalue weighted by atomic mass is 32.2. The number of aromatic amines is 1. The molecule has 0 saturated carbocycles. The fraction of sp³-hybridized carbons (Fsp3) is 0.360. The van der Waals surface area contributed by atoms with E-state index in [0.29, 0.717) is 5.56 Å². The standard InChI is InChI=1S/C25H28N2O9S/c1-16-8-10-19(11-9-16)37(33,34)35-15-24(14-28)25(32,12-18-6-4-3-5-7-18)20(29)22(36-24)27-13-17(2)21(30)26-23(27)31/h3-11,13,20,22,28-29,32H,12,14-15H2,1-2H3,(H,26,30,31)/t20-,22+,24-,25+/m0/s1. The Hall–Kier alpha value is -3.13. The van der Waals surface area contributed by atoms with E-state index in [2.05, 4.69) is 4.98 Å². The van der Waals surface area contributed by atoms with Crippen LogP contribution in [0, 0.1) is 13.8 Å². The largest absolute Gasteiger partial charge is 0.393 e. The Kier molecular flexibility index (Phi) is 7.25. The Bertz CT molecular complexity index is 1490. The van der Waals surface area contributed by atoms with E-state index in [1.807, 2.05) is 0 Å². The number of benzene rings is 2. The van der Waals surface area contributed by atoms with Crippen molar-refractivity contribution in [3.05, 3.63) is 98.3 Å². The number of aliphatic hydroxyl groups excluding tert-OH is 2.